The number of carbonyl (C=O) groups excluding carboxylic acids is 1. The summed E-state index contributed by atoms with van der Waals surface area (Å²) in [5.41, 5.74) is 2.15. The number of para-hydroxylation sites is 3. The monoisotopic (exact) mass is 333 g/mol. The summed E-state index contributed by atoms with van der Waals surface area (Å²) >= 11 is 0. The highest BCUT2D eigenvalue weighted by atomic mass is 16.2. The van der Waals surface area contributed by atoms with Crippen LogP contribution in [0.1, 0.15) is 5.82 Å². The van der Waals surface area contributed by atoms with Gasteiger partial charge in [0.15, 0.2) is 0 Å². The van der Waals surface area contributed by atoms with Crippen LogP contribution in [-0.4, -0.2) is 25.4 Å². The van der Waals surface area contributed by atoms with E-state index in [4.69, 9.17) is 0 Å². The van der Waals surface area contributed by atoms with Gasteiger partial charge >= 0.3 is 0 Å². The van der Waals surface area contributed by atoms with Crippen LogP contribution in [-0.2, 0) is 17.9 Å². The smallest absolute Gasteiger partial charge is 0.261 e. The molecule has 0 spiro atoms. The number of carbonyl (C=O) groups is 1. The molecule has 7 heteroatoms. The van der Waals surface area contributed by atoms with Crippen molar-refractivity contribution in [2.45, 2.75) is 13.1 Å². The zero-order valence-corrected chi connectivity index (χ0v) is 13.3. The second-order valence-corrected chi connectivity index (χ2v) is 5.67. The van der Waals surface area contributed by atoms with Gasteiger partial charge in [0.1, 0.15) is 12.4 Å². The minimum absolute atomic E-state index is 0.0864. The lowest BCUT2D eigenvalue weighted by atomic mass is 10.2. The largest absolute Gasteiger partial charge is 0.347 e. The number of aromatic nitrogens is 4. The number of hydrogen-bond acceptors (Lipinski definition) is 4. The van der Waals surface area contributed by atoms with Gasteiger partial charge in [0, 0.05) is 0 Å². The third kappa shape index (κ3) is 2.99. The molecule has 0 aliphatic heterocycles. The maximum Gasteiger partial charge on any atom is 0.261 e. The van der Waals surface area contributed by atoms with E-state index in [1.807, 2.05) is 30.3 Å². The summed E-state index contributed by atoms with van der Waals surface area (Å²) in [7, 11) is 0. The van der Waals surface area contributed by atoms with Crippen LogP contribution in [0.15, 0.2) is 59.7 Å². The van der Waals surface area contributed by atoms with Crippen LogP contribution in [0.2, 0.25) is 0 Å². The van der Waals surface area contributed by atoms with Gasteiger partial charge in [-0.1, -0.05) is 24.3 Å². The summed E-state index contributed by atoms with van der Waals surface area (Å²) in [5.74, 6) is 0.387. The van der Waals surface area contributed by atoms with Gasteiger partial charge in [-0.15, -0.1) is 0 Å². The maximum absolute atomic E-state index is 12.4. The van der Waals surface area contributed by atoms with E-state index >= 15 is 0 Å². The normalized spacial score (nSPS) is 11.0. The van der Waals surface area contributed by atoms with E-state index < -0.39 is 0 Å². The van der Waals surface area contributed by atoms with Crippen LogP contribution in [0.25, 0.3) is 21.9 Å². The number of rotatable bonds is 4. The van der Waals surface area contributed by atoms with Crippen molar-refractivity contribution in [3.8, 4) is 0 Å². The number of benzene rings is 2. The Morgan fingerprint density at radius 1 is 1.08 bits per heavy atom. The lowest BCUT2D eigenvalue weighted by Crippen LogP contribution is -2.32. The number of H-pyrrole nitrogens is 1. The molecule has 0 radical (unpaired) electrons. The molecule has 0 bridgehead atoms. The third-order valence-electron chi connectivity index (χ3n) is 3.94. The molecule has 2 N–H and O–H groups in total. The summed E-state index contributed by atoms with van der Waals surface area (Å²) in [5, 5.41) is 3.26. The third-order valence-corrected chi connectivity index (χ3v) is 3.94. The number of hydrogen-bond donors (Lipinski definition) is 2. The van der Waals surface area contributed by atoms with Crippen molar-refractivity contribution in [2.75, 3.05) is 0 Å². The fraction of sp³-hybridized carbons (Fsp3) is 0.111. The summed E-state index contributed by atoms with van der Waals surface area (Å²) in [6, 6.07) is 14.7. The first-order valence-electron chi connectivity index (χ1n) is 7.85. The standard InChI is InChI=1S/C18H15N5O2/c24-17(19-9-16-21-14-7-3-4-8-15(14)22-16)10-23-11-20-13-6-2-1-5-12(13)18(23)25/h1-8,11H,9-10H2,(H,19,24)(H,21,22). The number of amides is 1. The molecule has 0 atom stereocenters. The maximum atomic E-state index is 12.4. The van der Waals surface area contributed by atoms with Crippen LogP contribution in [0, 0.1) is 0 Å². The minimum Gasteiger partial charge on any atom is -0.347 e. The fourth-order valence-corrected chi connectivity index (χ4v) is 2.70. The Morgan fingerprint density at radius 3 is 2.68 bits per heavy atom. The molecule has 1 amide bonds. The molecule has 0 unspecified atom stereocenters. The number of nitrogens with one attached hydrogen (secondary N) is 2. The molecule has 0 aliphatic rings. The molecule has 7 nitrogen and oxygen atoms in total. The number of aromatic amines is 1. The van der Waals surface area contributed by atoms with Crippen LogP contribution in [0.5, 0.6) is 0 Å². The molecule has 0 saturated heterocycles. The van der Waals surface area contributed by atoms with E-state index in [9.17, 15) is 9.59 Å². The highest BCUT2D eigenvalue weighted by Gasteiger charge is 2.09. The van der Waals surface area contributed by atoms with Crippen LogP contribution in [0.4, 0.5) is 0 Å². The first kappa shape index (κ1) is 15.1. The zero-order valence-electron chi connectivity index (χ0n) is 13.3. The van der Waals surface area contributed by atoms with Crippen molar-refractivity contribution < 1.29 is 4.79 Å². The first-order valence-corrected chi connectivity index (χ1v) is 7.85. The molecular formula is C18H15N5O2. The van der Waals surface area contributed by atoms with E-state index in [0.717, 1.165) is 11.0 Å². The molecule has 2 aromatic carbocycles. The Bertz CT molecular complexity index is 1100. The van der Waals surface area contributed by atoms with Gasteiger partial charge in [-0.3, -0.25) is 14.2 Å². The van der Waals surface area contributed by atoms with Crippen molar-refractivity contribution in [3.05, 3.63) is 71.0 Å². The molecule has 2 heterocycles. The Hall–Kier alpha value is -3.48. The molecule has 0 aliphatic carbocycles. The van der Waals surface area contributed by atoms with Gasteiger partial charge in [-0.2, -0.15) is 0 Å². The Labute approximate surface area is 142 Å². The summed E-state index contributed by atoms with van der Waals surface area (Å²) in [4.78, 5) is 36.3. The summed E-state index contributed by atoms with van der Waals surface area (Å²) < 4.78 is 1.30. The molecule has 124 valence electrons. The number of nitrogens with zero attached hydrogens (tertiary/aromatic N) is 3. The van der Waals surface area contributed by atoms with E-state index in [-0.39, 0.29) is 24.6 Å². The van der Waals surface area contributed by atoms with Crippen molar-refractivity contribution in [1.29, 1.82) is 0 Å². The average molecular weight is 333 g/mol. The minimum atomic E-state index is -0.278. The van der Waals surface area contributed by atoms with Gasteiger partial charge in [-0.25, -0.2) is 9.97 Å². The highest BCUT2D eigenvalue weighted by Crippen LogP contribution is 2.10. The second-order valence-electron chi connectivity index (χ2n) is 5.67. The topological polar surface area (TPSA) is 92.7 Å². The van der Waals surface area contributed by atoms with E-state index in [1.54, 1.807) is 18.2 Å². The van der Waals surface area contributed by atoms with Gasteiger partial charge in [0.25, 0.3) is 5.56 Å². The van der Waals surface area contributed by atoms with Gasteiger partial charge in [-0.05, 0) is 24.3 Å². The molecule has 2 aromatic heterocycles. The predicted molar refractivity (Wildman–Crippen MR) is 93.9 cm³/mol. The van der Waals surface area contributed by atoms with Gasteiger partial charge in [0.05, 0.1) is 34.8 Å². The molecule has 0 fully saturated rings. The van der Waals surface area contributed by atoms with Crippen molar-refractivity contribution >= 4 is 27.8 Å². The molecule has 4 aromatic rings. The first-order chi connectivity index (χ1) is 12.2. The number of imidazole rings is 1. The Morgan fingerprint density at radius 2 is 1.84 bits per heavy atom. The molecule has 25 heavy (non-hydrogen) atoms. The zero-order chi connectivity index (χ0) is 17.2. The predicted octanol–water partition coefficient (Wildman–Crippen LogP) is 1.59. The number of fused-ring (bicyclic) bond motifs is 2. The SMILES string of the molecule is O=C(Cn1cnc2ccccc2c1=O)NCc1nc2ccccc2[nH]1. The average Bonchev–Trinajstić information content (AvgIpc) is 3.06. The molecule has 0 saturated carbocycles. The van der Waals surface area contributed by atoms with E-state index in [1.165, 1.54) is 10.9 Å². The highest BCUT2D eigenvalue weighted by molar-refractivity contribution is 5.79. The molecule has 4 rings (SSSR count). The van der Waals surface area contributed by atoms with E-state index in [0.29, 0.717) is 16.7 Å². The quantitative estimate of drug-likeness (QED) is 0.593. The van der Waals surface area contributed by atoms with Gasteiger partial charge in [0.2, 0.25) is 5.91 Å². The lowest BCUT2D eigenvalue weighted by molar-refractivity contribution is -0.121. The lowest BCUT2D eigenvalue weighted by Gasteiger charge is -2.07. The van der Waals surface area contributed by atoms with Crippen LogP contribution < -0.4 is 10.9 Å². The van der Waals surface area contributed by atoms with Gasteiger partial charge < -0.3 is 10.3 Å². The Balaban J connectivity index is 1.47. The fourth-order valence-electron chi connectivity index (χ4n) is 2.70. The van der Waals surface area contributed by atoms with Crippen molar-refractivity contribution in [2.24, 2.45) is 0 Å². The second kappa shape index (κ2) is 6.20. The van der Waals surface area contributed by atoms with Crippen molar-refractivity contribution in [3.63, 3.8) is 0 Å². The summed E-state index contributed by atoms with van der Waals surface area (Å²) in [6.45, 7) is 0.181. The van der Waals surface area contributed by atoms with Crippen molar-refractivity contribution in [1.82, 2.24) is 24.8 Å². The summed E-state index contributed by atoms with van der Waals surface area (Å²) in [6.07, 6.45) is 1.39. The molecular weight excluding hydrogens is 318 g/mol. The Kier molecular flexibility index (Phi) is 3.74. The van der Waals surface area contributed by atoms with Crippen LogP contribution >= 0.6 is 0 Å². The van der Waals surface area contributed by atoms with E-state index in [2.05, 4.69) is 20.3 Å². The van der Waals surface area contributed by atoms with Crippen LogP contribution in [0.3, 0.4) is 0 Å².